The minimum absolute atomic E-state index is 0.165. The molecule has 0 radical (unpaired) electrons. The summed E-state index contributed by atoms with van der Waals surface area (Å²) in [5.74, 6) is 0.833. The van der Waals surface area contributed by atoms with Gasteiger partial charge in [-0.1, -0.05) is 11.8 Å². The highest BCUT2D eigenvalue weighted by atomic mass is 32.2. The molecule has 2 rings (SSSR count). The summed E-state index contributed by atoms with van der Waals surface area (Å²) in [6.07, 6.45) is 5.91. The standard InChI is InChI=1S/C10H12N4OS/c1-8(15)16-4-2-3-14-7-13-9-5-11-6-12-10(9)14/h5-7H,2-4H2,1H3. The Morgan fingerprint density at radius 1 is 1.50 bits per heavy atom. The molecule has 0 fully saturated rings. The van der Waals surface area contributed by atoms with Crippen molar-refractivity contribution in [1.82, 2.24) is 19.5 Å². The number of carbonyl (C=O) groups excluding carboxylic acids is 1. The predicted octanol–water partition coefficient (Wildman–Crippen LogP) is 1.50. The van der Waals surface area contributed by atoms with Crippen LogP contribution in [0, 0.1) is 0 Å². The van der Waals surface area contributed by atoms with Crippen molar-refractivity contribution < 1.29 is 4.79 Å². The first-order chi connectivity index (χ1) is 7.77. The third-order valence-corrected chi connectivity index (χ3v) is 3.03. The molecule has 0 aromatic carbocycles. The summed E-state index contributed by atoms with van der Waals surface area (Å²) < 4.78 is 1.98. The Labute approximate surface area is 97.3 Å². The molecule has 5 nitrogen and oxygen atoms in total. The van der Waals surface area contributed by atoms with E-state index in [2.05, 4.69) is 15.0 Å². The van der Waals surface area contributed by atoms with Crippen LogP contribution in [0.5, 0.6) is 0 Å². The molecule has 0 N–H and O–H groups in total. The molecule has 0 aliphatic rings. The first kappa shape index (κ1) is 11.1. The normalized spacial score (nSPS) is 10.8. The van der Waals surface area contributed by atoms with Gasteiger partial charge in [-0.25, -0.2) is 15.0 Å². The average Bonchev–Trinajstić information content (AvgIpc) is 2.68. The first-order valence-corrected chi connectivity index (χ1v) is 6.00. The van der Waals surface area contributed by atoms with Gasteiger partial charge in [-0.05, 0) is 6.42 Å². The lowest BCUT2D eigenvalue weighted by atomic mass is 10.4. The Morgan fingerprint density at radius 2 is 2.38 bits per heavy atom. The number of carbonyl (C=O) groups is 1. The molecular formula is C10H12N4OS. The number of imidazole rings is 1. The monoisotopic (exact) mass is 236 g/mol. The van der Waals surface area contributed by atoms with Crippen LogP contribution < -0.4 is 0 Å². The van der Waals surface area contributed by atoms with Crippen LogP contribution in [0.25, 0.3) is 11.2 Å². The molecule has 0 atom stereocenters. The van der Waals surface area contributed by atoms with Gasteiger partial charge in [-0.15, -0.1) is 0 Å². The first-order valence-electron chi connectivity index (χ1n) is 5.01. The molecule has 16 heavy (non-hydrogen) atoms. The third kappa shape index (κ3) is 2.57. The third-order valence-electron chi connectivity index (χ3n) is 2.13. The quantitative estimate of drug-likeness (QED) is 0.753. The highest BCUT2D eigenvalue weighted by Gasteiger charge is 2.03. The van der Waals surface area contributed by atoms with Crippen molar-refractivity contribution in [3.8, 4) is 0 Å². The zero-order valence-corrected chi connectivity index (χ0v) is 9.78. The van der Waals surface area contributed by atoms with E-state index >= 15 is 0 Å². The van der Waals surface area contributed by atoms with E-state index in [4.69, 9.17) is 0 Å². The second kappa shape index (κ2) is 5.07. The zero-order valence-electron chi connectivity index (χ0n) is 8.96. The molecule has 0 bridgehead atoms. The minimum atomic E-state index is 0.165. The topological polar surface area (TPSA) is 60.7 Å². The smallest absolute Gasteiger partial charge is 0.185 e. The van der Waals surface area contributed by atoms with Gasteiger partial charge >= 0.3 is 0 Å². The SMILES string of the molecule is CC(=O)SCCCn1cnc2cncnc21. The van der Waals surface area contributed by atoms with E-state index in [-0.39, 0.29) is 5.12 Å². The Balaban J connectivity index is 1.97. The molecule has 2 heterocycles. The highest BCUT2D eigenvalue weighted by Crippen LogP contribution is 2.10. The van der Waals surface area contributed by atoms with Crippen LogP contribution in [0.1, 0.15) is 13.3 Å². The number of hydrogen-bond donors (Lipinski definition) is 0. The van der Waals surface area contributed by atoms with Crippen LogP contribution in [0.4, 0.5) is 0 Å². The highest BCUT2D eigenvalue weighted by molar-refractivity contribution is 8.13. The number of aryl methyl sites for hydroxylation is 1. The molecule has 2 aromatic heterocycles. The van der Waals surface area contributed by atoms with Gasteiger partial charge in [0.2, 0.25) is 0 Å². The summed E-state index contributed by atoms with van der Waals surface area (Å²) in [5, 5.41) is 0.165. The molecule has 0 saturated heterocycles. The van der Waals surface area contributed by atoms with Crippen molar-refractivity contribution in [3.63, 3.8) is 0 Å². The van der Waals surface area contributed by atoms with Crippen molar-refractivity contribution in [1.29, 1.82) is 0 Å². The van der Waals surface area contributed by atoms with Crippen LogP contribution in [0.2, 0.25) is 0 Å². The predicted molar refractivity (Wildman–Crippen MR) is 63.1 cm³/mol. The molecule has 0 unspecified atom stereocenters. The Bertz CT molecular complexity index is 496. The molecule has 2 aromatic rings. The summed E-state index contributed by atoms with van der Waals surface area (Å²) in [4.78, 5) is 23.0. The van der Waals surface area contributed by atoms with Crippen LogP contribution in [0.3, 0.4) is 0 Å². The van der Waals surface area contributed by atoms with Crippen molar-refractivity contribution >= 4 is 28.0 Å². The lowest BCUT2D eigenvalue weighted by Gasteiger charge is -2.01. The minimum Gasteiger partial charge on any atom is -0.315 e. The van der Waals surface area contributed by atoms with Gasteiger partial charge < -0.3 is 4.57 Å². The van der Waals surface area contributed by atoms with E-state index in [1.165, 1.54) is 18.1 Å². The number of fused-ring (bicyclic) bond motifs is 1. The molecular weight excluding hydrogens is 224 g/mol. The second-order valence-electron chi connectivity index (χ2n) is 3.36. The van der Waals surface area contributed by atoms with Gasteiger partial charge in [-0.3, -0.25) is 4.79 Å². The van der Waals surface area contributed by atoms with E-state index < -0.39 is 0 Å². The fraction of sp³-hybridized carbons (Fsp3) is 0.400. The Morgan fingerprint density at radius 3 is 3.19 bits per heavy atom. The number of thioether (sulfide) groups is 1. The Hall–Kier alpha value is -1.43. The van der Waals surface area contributed by atoms with Crippen LogP contribution >= 0.6 is 11.8 Å². The van der Waals surface area contributed by atoms with Crippen LogP contribution in [-0.4, -0.2) is 30.4 Å². The van der Waals surface area contributed by atoms with Gasteiger partial charge in [0.15, 0.2) is 10.8 Å². The fourth-order valence-electron chi connectivity index (χ4n) is 1.43. The molecule has 0 amide bonds. The van der Waals surface area contributed by atoms with Crippen molar-refractivity contribution in [3.05, 3.63) is 18.9 Å². The lowest BCUT2D eigenvalue weighted by Crippen LogP contribution is -1.99. The van der Waals surface area contributed by atoms with E-state index in [1.54, 1.807) is 19.4 Å². The molecule has 0 aliphatic carbocycles. The van der Waals surface area contributed by atoms with E-state index in [9.17, 15) is 4.79 Å². The molecule has 0 spiro atoms. The Kier molecular flexibility index (Phi) is 3.51. The summed E-state index contributed by atoms with van der Waals surface area (Å²) in [5.41, 5.74) is 1.66. The second-order valence-corrected chi connectivity index (χ2v) is 4.63. The lowest BCUT2D eigenvalue weighted by molar-refractivity contribution is -0.109. The largest absolute Gasteiger partial charge is 0.315 e. The van der Waals surface area contributed by atoms with Gasteiger partial charge in [0, 0.05) is 19.2 Å². The van der Waals surface area contributed by atoms with E-state index in [1.807, 2.05) is 4.57 Å². The number of aromatic nitrogens is 4. The number of hydrogen-bond acceptors (Lipinski definition) is 5. The molecule has 0 aliphatic heterocycles. The summed E-state index contributed by atoms with van der Waals surface area (Å²) in [7, 11) is 0. The molecule has 84 valence electrons. The fourth-order valence-corrected chi connectivity index (χ4v) is 1.99. The van der Waals surface area contributed by atoms with Crippen molar-refractivity contribution in [2.24, 2.45) is 0 Å². The van der Waals surface area contributed by atoms with Crippen molar-refractivity contribution in [2.75, 3.05) is 5.75 Å². The molecule has 0 saturated carbocycles. The van der Waals surface area contributed by atoms with Gasteiger partial charge in [0.1, 0.15) is 11.8 Å². The van der Waals surface area contributed by atoms with Gasteiger partial charge in [-0.2, -0.15) is 0 Å². The molecule has 6 heteroatoms. The number of nitrogens with zero attached hydrogens (tertiary/aromatic N) is 4. The van der Waals surface area contributed by atoms with Crippen LogP contribution in [0.15, 0.2) is 18.9 Å². The maximum atomic E-state index is 10.7. The summed E-state index contributed by atoms with van der Waals surface area (Å²) in [6, 6.07) is 0. The average molecular weight is 236 g/mol. The van der Waals surface area contributed by atoms with E-state index in [0.29, 0.717) is 0 Å². The van der Waals surface area contributed by atoms with Gasteiger partial charge in [0.25, 0.3) is 0 Å². The van der Waals surface area contributed by atoms with Gasteiger partial charge in [0.05, 0.1) is 12.5 Å². The maximum Gasteiger partial charge on any atom is 0.185 e. The summed E-state index contributed by atoms with van der Waals surface area (Å²) >= 11 is 1.35. The summed E-state index contributed by atoms with van der Waals surface area (Å²) in [6.45, 7) is 2.41. The van der Waals surface area contributed by atoms with E-state index in [0.717, 1.165) is 29.9 Å². The maximum absolute atomic E-state index is 10.7. The zero-order chi connectivity index (χ0) is 11.4. The number of rotatable bonds is 4. The van der Waals surface area contributed by atoms with Crippen LogP contribution in [-0.2, 0) is 11.3 Å². The van der Waals surface area contributed by atoms with Crippen molar-refractivity contribution in [2.45, 2.75) is 19.9 Å².